The molecule has 1 saturated heterocycles. The third-order valence-electron chi connectivity index (χ3n) is 4.18. The fourth-order valence-corrected chi connectivity index (χ4v) is 6.06. The van der Waals surface area contributed by atoms with Crippen molar-refractivity contribution in [3.63, 3.8) is 0 Å². The molecule has 1 unspecified atom stereocenters. The topological polar surface area (TPSA) is 34.1 Å². The molecule has 1 fully saturated rings. The first-order chi connectivity index (χ1) is 9.82. The van der Waals surface area contributed by atoms with Crippen LogP contribution in [0.5, 0.6) is 0 Å². The number of hydrogen-bond acceptors (Lipinski definition) is 2. The van der Waals surface area contributed by atoms with Gasteiger partial charge in [-0.15, -0.1) is 23.2 Å². The third kappa shape index (κ3) is 4.00. The Hall–Kier alpha value is 0.330. The molecule has 2 rings (SSSR count). The maximum Gasteiger partial charge on any atom is 0.150 e. The van der Waals surface area contributed by atoms with E-state index < -0.39 is 15.3 Å². The lowest BCUT2D eigenvalue weighted by Gasteiger charge is -2.35. The highest BCUT2D eigenvalue weighted by Crippen LogP contribution is 2.42. The third-order valence-corrected chi connectivity index (χ3v) is 7.62. The lowest BCUT2D eigenvalue weighted by atomic mass is 9.73. The van der Waals surface area contributed by atoms with E-state index in [1.807, 2.05) is 0 Å². The van der Waals surface area contributed by atoms with Crippen molar-refractivity contribution in [3.8, 4) is 0 Å². The van der Waals surface area contributed by atoms with Gasteiger partial charge in [-0.2, -0.15) is 0 Å². The normalized spacial score (nSPS) is 21.6. The van der Waals surface area contributed by atoms with Crippen LogP contribution in [0, 0.1) is 11.3 Å². The Morgan fingerprint density at radius 2 is 1.86 bits per heavy atom. The van der Waals surface area contributed by atoms with Crippen LogP contribution < -0.4 is 0 Å². The van der Waals surface area contributed by atoms with Crippen molar-refractivity contribution in [2.75, 3.05) is 23.3 Å². The second kappa shape index (κ2) is 6.84. The molecule has 1 aliphatic heterocycles. The van der Waals surface area contributed by atoms with Crippen molar-refractivity contribution in [1.82, 2.24) is 0 Å². The van der Waals surface area contributed by atoms with Crippen molar-refractivity contribution in [1.29, 1.82) is 0 Å². The molecule has 1 aliphatic rings. The van der Waals surface area contributed by atoms with E-state index >= 15 is 0 Å². The predicted octanol–water partition coefficient (Wildman–Crippen LogP) is 4.43. The molecule has 0 N–H and O–H groups in total. The van der Waals surface area contributed by atoms with E-state index in [2.05, 4.69) is 0 Å². The van der Waals surface area contributed by atoms with E-state index in [4.69, 9.17) is 46.4 Å². The van der Waals surface area contributed by atoms with Crippen LogP contribution in [0.4, 0.5) is 0 Å². The summed E-state index contributed by atoms with van der Waals surface area (Å²) in [5.74, 6) is 0.882. The monoisotopic (exact) mass is 388 g/mol. The summed E-state index contributed by atoms with van der Waals surface area (Å²) in [4.78, 5) is 0. The average molecular weight is 390 g/mol. The molecule has 0 aromatic heterocycles. The number of hydrogen-bond donors (Lipinski definition) is 0. The van der Waals surface area contributed by atoms with Crippen LogP contribution in [0.3, 0.4) is 0 Å². The molecule has 2 nitrogen and oxygen atoms in total. The molecule has 1 heterocycles. The van der Waals surface area contributed by atoms with E-state index in [1.54, 1.807) is 18.2 Å². The Balaban J connectivity index is 2.32. The minimum Gasteiger partial charge on any atom is -0.229 e. The number of sulfone groups is 1. The van der Waals surface area contributed by atoms with Crippen molar-refractivity contribution in [2.24, 2.45) is 11.3 Å². The summed E-state index contributed by atoms with van der Waals surface area (Å²) in [6.07, 6.45) is 1.12. The van der Waals surface area contributed by atoms with Gasteiger partial charge < -0.3 is 0 Å². The average Bonchev–Trinajstić information content (AvgIpc) is 2.81. The molecule has 1 atom stereocenters. The van der Waals surface area contributed by atoms with Gasteiger partial charge in [-0.05, 0) is 42.5 Å². The summed E-state index contributed by atoms with van der Waals surface area (Å²) < 4.78 is 23.5. The van der Waals surface area contributed by atoms with Gasteiger partial charge in [-0.1, -0.05) is 23.2 Å². The fraction of sp³-hybridized carbons (Fsp3) is 0.571. The molecule has 1 aromatic rings. The molecule has 0 spiro atoms. The first kappa shape index (κ1) is 17.7. The van der Waals surface area contributed by atoms with Crippen LogP contribution in [0.2, 0.25) is 10.0 Å². The first-order valence-electron chi connectivity index (χ1n) is 6.58. The number of alkyl halides is 2. The van der Waals surface area contributed by atoms with Gasteiger partial charge in [0.05, 0.1) is 11.5 Å². The maximum atomic E-state index is 11.8. The SMILES string of the molecule is O=S1(=O)CCC(C(CCl)(CCl)Cc2cc(Cl)ccc2Cl)C1. The van der Waals surface area contributed by atoms with Crippen LogP contribution in [-0.4, -0.2) is 31.7 Å². The zero-order chi connectivity index (χ0) is 15.7. The summed E-state index contributed by atoms with van der Waals surface area (Å²) in [5.41, 5.74) is 0.371. The summed E-state index contributed by atoms with van der Waals surface area (Å²) >= 11 is 24.6. The molecule has 0 aliphatic carbocycles. The van der Waals surface area contributed by atoms with E-state index in [0.29, 0.717) is 34.6 Å². The van der Waals surface area contributed by atoms with Gasteiger partial charge in [0.25, 0.3) is 0 Å². The van der Waals surface area contributed by atoms with Gasteiger partial charge in [-0.3, -0.25) is 0 Å². The van der Waals surface area contributed by atoms with Gasteiger partial charge >= 0.3 is 0 Å². The quantitative estimate of drug-likeness (QED) is 0.697. The summed E-state index contributed by atoms with van der Waals surface area (Å²) in [6, 6.07) is 5.25. The van der Waals surface area contributed by atoms with E-state index in [-0.39, 0.29) is 17.4 Å². The largest absolute Gasteiger partial charge is 0.229 e. The summed E-state index contributed by atoms with van der Waals surface area (Å²) in [6.45, 7) is 0. The highest BCUT2D eigenvalue weighted by Gasteiger charge is 2.44. The molecular weight excluding hydrogens is 374 g/mol. The minimum atomic E-state index is -2.99. The maximum absolute atomic E-state index is 11.8. The van der Waals surface area contributed by atoms with Gasteiger partial charge in [0.1, 0.15) is 0 Å². The zero-order valence-electron chi connectivity index (χ0n) is 11.3. The van der Waals surface area contributed by atoms with E-state index in [1.165, 1.54) is 0 Å². The Bertz CT molecular complexity index is 611. The van der Waals surface area contributed by atoms with Crippen molar-refractivity contribution in [3.05, 3.63) is 33.8 Å². The Labute approximate surface area is 145 Å². The van der Waals surface area contributed by atoms with Crippen molar-refractivity contribution >= 4 is 56.2 Å². The predicted molar refractivity (Wildman–Crippen MR) is 90.8 cm³/mol. The Morgan fingerprint density at radius 1 is 1.19 bits per heavy atom. The molecule has 21 heavy (non-hydrogen) atoms. The fourth-order valence-electron chi connectivity index (χ4n) is 2.83. The van der Waals surface area contributed by atoms with Crippen molar-refractivity contribution < 1.29 is 8.42 Å². The summed E-state index contributed by atoms with van der Waals surface area (Å²) in [7, 11) is -2.99. The van der Waals surface area contributed by atoms with Crippen molar-refractivity contribution in [2.45, 2.75) is 12.8 Å². The lowest BCUT2D eigenvalue weighted by Crippen LogP contribution is -2.37. The molecule has 0 saturated carbocycles. The smallest absolute Gasteiger partial charge is 0.150 e. The minimum absolute atomic E-state index is 0.0486. The molecule has 0 amide bonds. The van der Waals surface area contributed by atoms with Crippen LogP contribution >= 0.6 is 46.4 Å². The number of rotatable bonds is 5. The second-order valence-corrected chi connectivity index (χ2v) is 9.25. The second-order valence-electron chi connectivity index (χ2n) is 5.64. The standard InChI is InChI=1S/C14H16Cl4O2S/c15-8-14(9-16,11-3-4-21(19,20)7-11)6-10-5-12(17)1-2-13(10)18/h1-2,5,11H,3-4,6-9H2. The number of benzene rings is 1. The van der Waals surface area contributed by atoms with E-state index in [0.717, 1.165) is 5.56 Å². The van der Waals surface area contributed by atoms with Crippen LogP contribution in [0.15, 0.2) is 18.2 Å². The van der Waals surface area contributed by atoms with Crippen LogP contribution in [0.1, 0.15) is 12.0 Å². The molecule has 118 valence electrons. The highest BCUT2D eigenvalue weighted by atomic mass is 35.5. The molecule has 0 bridgehead atoms. The van der Waals surface area contributed by atoms with Crippen LogP contribution in [0.25, 0.3) is 0 Å². The Morgan fingerprint density at radius 3 is 2.38 bits per heavy atom. The number of halogens is 4. The molecule has 7 heteroatoms. The van der Waals surface area contributed by atoms with Crippen LogP contribution in [-0.2, 0) is 16.3 Å². The van der Waals surface area contributed by atoms with E-state index in [9.17, 15) is 8.42 Å². The lowest BCUT2D eigenvalue weighted by molar-refractivity contribution is 0.245. The molecule has 1 aromatic carbocycles. The highest BCUT2D eigenvalue weighted by molar-refractivity contribution is 7.91. The van der Waals surface area contributed by atoms with Gasteiger partial charge in [0.2, 0.25) is 0 Å². The van der Waals surface area contributed by atoms with Gasteiger partial charge in [-0.25, -0.2) is 8.42 Å². The first-order valence-corrected chi connectivity index (χ1v) is 10.2. The Kier molecular flexibility index (Phi) is 5.76. The summed E-state index contributed by atoms with van der Waals surface area (Å²) in [5, 5.41) is 1.19. The molecular formula is C14H16Cl4O2S. The van der Waals surface area contributed by atoms with Gasteiger partial charge in [0, 0.05) is 27.2 Å². The zero-order valence-corrected chi connectivity index (χ0v) is 15.1. The van der Waals surface area contributed by atoms with Gasteiger partial charge in [0.15, 0.2) is 9.84 Å². The molecule has 0 radical (unpaired) electrons.